The fourth-order valence-electron chi connectivity index (χ4n) is 1.42. The van der Waals surface area contributed by atoms with Crippen LogP contribution in [0, 0.1) is 17.6 Å². The van der Waals surface area contributed by atoms with Crippen LogP contribution in [-0.2, 0) is 19.4 Å². The SMILES string of the molecule is COC(=O)C(C)CS(=O)(=O)c1ccc(F)cc1F. The Kier molecular flexibility index (Phi) is 4.39. The van der Waals surface area contributed by atoms with Gasteiger partial charge in [0, 0.05) is 6.07 Å². The van der Waals surface area contributed by atoms with Gasteiger partial charge in [-0.3, -0.25) is 4.79 Å². The molecular weight excluding hydrogens is 266 g/mol. The first-order valence-electron chi connectivity index (χ1n) is 5.03. The number of ether oxygens (including phenoxy) is 1. The largest absolute Gasteiger partial charge is 0.469 e. The standard InChI is InChI=1S/C11H12F2O4S/c1-7(11(14)17-2)6-18(15,16)10-4-3-8(12)5-9(10)13/h3-5,7H,6H2,1-2H3. The Balaban J connectivity index is 3.04. The molecule has 0 N–H and O–H groups in total. The van der Waals surface area contributed by atoms with Crippen molar-refractivity contribution in [3.05, 3.63) is 29.8 Å². The number of rotatable bonds is 4. The van der Waals surface area contributed by atoms with E-state index in [0.29, 0.717) is 6.07 Å². The minimum Gasteiger partial charge on any atom is -0.469 e. The molecule has 0 aliphatic carbocycles. The highest BCUT2D eigenvalue weighted by molar-refractivity contribution is 7.91. The van der Waals surface area contributed by atoms with Crippen molar-refractivity contribution in [2.45, 2.75) is 11.8 Å². The van der Waals surface area contributed by atoms with Crippen molar-refractivity contribution in [3.8, 4) is 0 Å². The Bertz CT molecular complexity index is 554. The van der Waals surface area contributed by atoms with Crippen molar-refractivity contribution < 1.29 is 26.7 Å². The summed E-state index contributed by atoms with van der Waals surface area (Å²) in [4.78, 5) is 10.5. The summed E-state index contributed by atoms with van der Waals surface area (Å²) in [7, 11) is -2.88. The maximum absolute atomic E-state index is 13.3. The maximum Gasteiger partial charge on any atom is 0.309 e. The average Bonchev–Trinajstić information content (AvgIpc) is 2.26. The van der Waals surface area contributed by atoms with Crippen LogP contribution in [0.15, 0.2) is 23.1 Å². The molecular formula is C11H12F2O4S. The normalized spacial score (nSPS) is 13.1. The second-order valence-corrected chi connectivity index (χ2v) is 5.78. The summed E-state index contributed by atoms with van der Waals surface area (Å²) in [6.45, 7) is 1.35. The molecule has 0 bridgehead atoms. The quantitative estimate of drug-likeness (QED) is 0.619. The van der Waals surface area contributed by atoms with Crippen LogP contribution in [0.25, 0.3) is 0 Å². The van der Waals surface area contributed by atoms with Crippen molar-refractivity contribution >= 4 is 15.8 Å². The summed E-state index contributed by atoms with van der Waals surface area (Å²) >= 11 is 0. The van der Waals surface area contributed by atoms with Gasteiger partial charge in [0.25, 0.3) is 0 Å². The molecule has 4 nitrogen and oxygen atoms in total. The van der Waals surface area contributed by atoms with E-state index in [4.69, 9.17) is 0 Å². The topological polar surface area (TPSA) is 60.4 Å². The third kappa shape index (κ3) is 3.25. The Morgan fingerprint density at radius 2 is 2.00 bits per heavy atom. The van der Waals surface area contributed by atoms with Crippen molar-refractivity contribution in [1.29, 1.82) is 0 Å². The van der Waals surface area contributed by atoms with E-state index < -0.39 is 44.0 Å². The van der Waals surface area contributed by atoms with Crippen LogP contribution in [0.5, 0.6) is 0 Å². The molecule has 0 radical (unpaired) electrons. The first-order valence-corrected chi connectivity index (χ1v) is 6.69. The molecule has 0 saturated carbocycles. The molecule has 18 heavy (non-hydrogen) atoms. The monoisotopic (exact) mass is 278 g/mol. The van der Waals surface area contributed by atoms with Crippen LogP contribution in [-0.4, -0.2) is 27.2 Å². The molecule has 1 unspecified atom stereocenters. The lowest BCUT2D eigenvalue weighted by Crippen LogP contribution is -2.23. The van der Waals surface area contributed by atoms with Gasteiger partial charge in [-0.15, -0.1) is 0 Å². The molecule has 0 aliphatic heterocycles. The number of halogens is 2. The lowest BCUT2D eigenvalue weighted by molar-refractivity contribution is -0.144. The smallest absolute Gasteiger partial charge is 0.309 e. The molecule has 0 heterocycles. The Hall–Kier alpha value is -1.50. The third-order valence-electron chi connectivity index (χ3n) is 2.30. The predicted molar refractivity (Wildman–Crippen MR) is 59.6 cm³/mol. The van der Waals surface area contributed by atoms with E-state index in [-0.39, 0.29) is 0 Å². The van der Waals surface area contributed by atoms with Crippen LogP contribution in [0.4, 0.5) is 8.78 Å². The molecule has 1 atom stereocenters. The van der Waals surface area contributed by atoms with Gasteiger partial charge in [0.15, 0.2) is 9.84 Å². The number of carbonyl (C=O) groups excluding carboxylic acids is 1. The second kappa shape index (κ2) is 5.43. The number of benzene rings is 1. The molecule has 7 heteroatoms. The molecule has 0 amide bonds. The van der Waals surface area contributed by atoms with Gasteiger partial charge in [-0.1, -0.05) is 6.92 Å². The fourth-order valence-corrected chi connectivity index (χ4v) is 3.02. The lowest BCUT2D eigenvalue weighted by Gasteiger charge is -2.10. The van der Waals surface area contributed by atoms with E-state index in [1.165, 1.54) is 6.92 Å². The number of esters is 1. The van der Waals surface area contributed by atoms with E-state index in [2.05, 4.69) is 4.74 Å². The van der Waals surface area contributed by atoms with Gasteiger partial charge in [-0.2, -0.15) is 0 Å². The van der Waals surface area contributed by atoms with Gasteiger partial charge in [0.1, 0.15) is 16.5 Å². The van der Waals surface area contributed by atoms with Gasteiger partial charge in [0.05, 0.1) is 18.8 Å². The summed E-state index contributed by atoms with van der Waals surface area (Å²) in [5, 5.41) is 0. The van der Waals surface area contributed by atoms with Gasteiger partial charge in [-0.05, 0) is 12.1 Å². The second-order valence-electron chi connectivity index (χ2n) is 3.78. The lowest BCUT2D eigenvalue weighted by atomic mass is 10.2. The van der Waals surface area contributed by atoms with E-state index >= 15 is 0 Å². The van der Waals surface area contributed by atoms with Crippen molar-refractivity contribution in [2.24, 2.45) is 5.92 Å². The molecule has 100 valence electrons. The summed E-state index contributed by atoms with van der Waals surface area (Å²) in [5.41, 5.74) is 0. The molecule has 0 aromatic heterocycles. The minimum atomic E-state index is -4.00. The molecule has 0 fully saturated rings. The highest BCUT2D eigenvalue weighted by Gasteiger charge is 2.26. The van der Waals surface area contributed by atoms with Crippen molar-refractivity contribution in [2.75, 3.05) is 12.9 Å². The fraction of sp³-hybridized carbons (Fsp3) is 0.364. The van der Waals surface area contributed by atoms with Crippen LogP contribution >= 0.6 is 0 Å². The molecule has 1 aromatic rings. The van der Waals surface area contributed by atoms with E-state index in [9.17, 15) is 22.0 Å². The minimum absolute atomic E-state index is 0.482. The molecule has 1 aromatic carbocycles. The van der Waals surface area contributed by atoms with Gasteiger partial charge in [-0.25, -0.2) is 17.2 Å². The van der Waals surface area contributed by atoms with Crippen molar-refractivity contribution in [1.82, 2.24) is 0 Å². The zero-order valence-corrected chi connectivity index (χ0v) is 10.6. The molecule has 0 saturated heterocycles. The zero-order valence-electron chi connectivity index (χ0n) is 9.81. The van der Waals surface area contributed by atoms with Crippen LogP contribution < -0.4 is 0 Å². The number of carbonyl (C=O) groups is 1. The molecule has 0 aliphatic rings. The number of hydrogen-bond donors (Lipinski definition) is 0. The summed E-state index contributed by atoms with van der Waals surface area (Å²) < 4.78 is 54.1. The van der Waals surface area contributed by atoms with E-state index in [1.807, 2.05) is 0 Å². The first kappa shape index (κ1) is 14.6. The van der Waals surface area contributed by atoms with Gasteiger partial charge < -0.3 is 4.74 Å². The summed E-state index contributed by atoms with van der Waals surface area (Å²) in [6.07, 6.45) is 0. The zero-order chi connectivity index (χ0) is 13.9. The van der Waals surface area contributed by atoms with Gasteiger partial charge >= 0.3 is 5.97 Å². The van der Waals surface area contributed by atoms with E-state index in [0.717, 1.165) is 19.2 Å². The Morgan fingerprint density at radius 1 is 1.39 bits per heavy atom. The Morgan fingerprint density at radius 3 is 2.50 bits per heavy atom. The highest BCUT2D eigenvalue weighted by Crippen LogP contribution is 2.19. The maximum atomic E-state index is 13.3. The average molecular weight is 278 g/mol. The van der Waals surface area contributed by atoms with Crippen LogP contribution in [0.1, 0.15) is 6.92 Å². The predicted octanol–water partition coefficient (Wildman–Crippen LogP) is 1.55. The van der Waals surface area contributed by atoms with Crippen LogP contribution in [0.3, 0.4) is 0 Å². The highest BCUT2D eigenvalue weighted by atomic mass is 32.2. The van der Waals surface area contributed by atoms with Crippen LogP contribution in [0.2, 0.25) is 0 Å². The third-order valence-corrected chi connectivity index (χ3v) is 4.24. The Labute approximate surface area is 103 Å². The van der Waals surface area contributed by atoms with Crippen molar-refractivity contribution in [3.63, 3.8) is 0 Å². The number of sulfone groups is 1. The molecule has 1 rings (SSSR count). The molecule has 0 spiro atoms. The summed E-state index contributed by atoms with van der Waals surface area (Å²) in [5.74, 6) is -4.27. The number of methoxy groups -OCH3 is 1. The number of hydrogen-bond acceptors (Lipinski definition) is 4. The van der Waals surface area contributed by atoms with E-state index in [1.54, 1.807) is 0 Å². The van der Waals surface area contributed by atoms with Gasteiger partial charge in [0.2, 0.25) is 0 Å². The first-order chi connectivity index (χ1) is 8.27. The summed E-state index contributed by atoms with van der Waals surface area (Å²) in [6, 6.07) is 2.17.